The van der Waals surface area contributed by atoms with Crippen molar-refractivity contribution < 1.29 is 9.53 Å². The molecule has 0 spiro atoms. The van der Waals surface area contributed by atoms with E-state index in [1.54, 1.807) is 19.4 Å². The molecule has 0 radical (unpaired) electrons. The normalized spacial score (nSPS) is 14.2. The van der Waals surface area contributed by atoms with Crippen LogP contribution in [0.15, 0.2) is 54.7 Å². The van der Waals surface area contributed by atoms with E-state index in [9.17, 15) is 4.79 Å². The number of rotatable bonds is 4. The van der Waals surface area contributed by atoms with E-state index < -0.39 is 0 Å². The second-order valence-corrected chi connectivity index (χ2v) is 7.09. The van der Waals surface area contributed by atoms with Gasteiger partial charge in [-0.05, 0) is 24.3 Å². The van der Waals surface area contributed by atoms with E-state index in [2.05, 4.69) is 21.2 Å². The van der Waals surface area contributed by atoms with Gasteiger partial charge in [0.15, 0.2) is 0 Å². The molecular weight excluding hydrogens is 376 g/mol. The second kappa shape index (κ2) is 7.94. The van der Waals surface area contributed by atoms with Crippen LogP contribution >= 0.6 is 11.6 Å². The summed E-state index contributed by atoms with van der Waals surface area (Å²) in [5.41, 5.74) is 3.22. The van der Waals surface area contributed by atoms with E-state index in [1.807, 2.05) is 41.3 Å². The summed E-state index contributed by atoms with van der Waals surface area (Å²) in [6, 6.07) is 15.4. The van der Waals surface area contributed by atoms with Crippen LogP contribution in [0.3, 0.4) is 0 Å². The predicted molar refractivity (Wildman–Crippen MR) is 110 cm³/mol. The number of benzene rings is 2. The number of amides is 1. The van der Waals surface area contributed by atoms with Crippen LogP contribution in [0.4, 0.5) is 5.69 Å². The summed E-state index contributed by atoms with van der Waals surface area (Å²) in [4.78, 5) is 17.2. The molecule has 0 aliphatic carbocycles. The third-order valence-corrected chi connectivity index (χ3v) is 5.20. The number of aromatic amines is 1. The standard InChI is InChI=1S/C21H21ClN4O2/c1-28-18-7-3-6-17(13-18)25-8-10-26(11-9-25)21(27)19-14-23-24-20(19)15-4-2-5-16(22)12-15/h2-7,12-14H,8-11H2,1H3,(H,23,24). The summed E-state index contributed by atoms with van der Waals surface area (Å²) in [7, 11) is 1.66. The highest BCUT2D eigenvalue weighted by molar-refractivity contribution is 6.30. The first-order valence-corrected chi connectivity index (χ1v) is 9.51. The van der Waals surface area contributed by atoms with E-state index in [4.69, 9.17) is 16.3 Å². The highest BCUT2D eigenvalue weighted by Crippen LogP contribution is 2.26. The molecule has 1 aliphatic heterocycles. The SMILES string of the molecule is COc1cccc(N2CCN(C(=O)c3cn[nH]c3-c3cccc(Cl)c3)CC2)c1. The zero-order chi connectivity index (χ0) is 19.5. The molecule has 0 saturated carbocycles. The van der Waals surface area contributed by atoms with Gasteiger partial charge in [-0.3, -0.25) is 9.89 Å². The first-order valence-electron chi connectivity index (χ1n) is 9.13. The fourth-order valence-electron chi connectivity index (χ4n) is 3.46. The van der Waals surface area contributed by atoms with Gasteiger partial charge < -0.3 is 14.5 Å². The number of nitrogens with zero attached hydrogens (tertiary/aromatic N) is 3. The number of anilines is 1. The lowest BCUT2D eigenvalue weighted by atomic mass is 10.1. The monoisotopic (exact) mass is 396 g/mol. The van der Waals surface area contributed by atoms with Crippen molar-refractivity contribution >= 4 is 23.2 Å². The number of H-pyrrole nitrogens is 1. The molecule has 1 aromatic heterocycles. The Morgan fingerprint density at radius 3 is 2.64 bits per heavy atom. The van der Waals surface area contributed by atoms with Gasteiger partial charge in [-0.25, -0.2) is 0 Å². The zero-order valence-corrected chi connectivity index (χ0v) is 16.3. The molecule has 1 saturated heterocycles. The smallest absolute Gasteiger partial charge is 0.257 e. The van der Waals surface area contributed by atoms with E-state index in [0.717, 1.165) is 30.1 Å². The van der Waals surface area contributed by atoms with Crippen molar-refractivity contribution in [1.29, 1.82) is 0 Å². The highest BCUT2D eigenvalue weighted by atomic mass is 35.5. The quantitative estimate of drug-likeness (QED) is 0.730. The number of carbonyl (C=O) groups is 1. The molecule has 2 aromatic carbocycles. The first-order chi connectivity index (χ1) is 13.7. The van der Waals surface area contributed by atoms with Crippen LogP contribution in [-0.2, 0) is 0 Å². The number of hydrogen-bond donors (Lipinski definition) is 1. The lowest BCUT2D eigenvalue weighted by Gasteiger charge is -2.36. The Labute approximate surface area is 168 Å². The Bertz CT molecular complexity index is 980. The van der Waals surface area contributed by atoms with Crippen molar-refractivity contribution in [2.75, 3.05) is 38.2 Å². The van der Waals surface area contributed by atoms with E-state index >= 15 is 0 Å². The molecule has 0 bridgehead atoms. The Morgan fingerprint density at radius 2 is 1.89 bits per heavy atom. The number of aromatic nitrogens is 2. The first kappa shape index (κ1) is 18.4. The van der Waals surface area contributed by atoms with Gasteiger partial charge in [0, 0.05) is 48.5 Å². The lowest BCUT2D eigenvalue weighted by Crippen LogP contribution is -2.48. The molecule has 0 atom stereocenters. The number of piperazine rings is 1. The fourth-order valence-corrected chi connectivity index (χ4v) is 3.65. The molecule has 7 heteroatoms. The molecule has 144 valence electrons. The predicted octanol–water partition coefficient (Wildman–Crippen LogP) is 3.70. The molecule has 2 heterocycles. The lowest BCUT2D eigenvalue weighted by molar-refractivity contribution is 0.0747. The minimum absolute atomic E-state index is 0.0194. The van der Waals surface area contributed by atoms with Gasteiger partial charge in [0.25, 0.3) is 5.91 Å². The van der Waals surface area contributed by atoms with E-state index in [1.165, 1.54) is 0 Å². The molecule has 0 unspecified atom stereocenters. The summed E-state index contributed by atoms with van der Waals surface area (Å²) in [6.45, 7) is 2.83. The van der Waals surface area contributed by atoms with Gasteiger partial charge in [-0.1, -0.05) is 29.8 Å². The van der Waals surface area contributed by atoms with Crippen LogP contribution in [-0.4, -0.2) is 54.3 Å². The van der Waals surface area contributed by atoms with E-state index in [0.29, 0.717) is 29.4 Å². The molecule has 4 rings (SSSR count). The van der Waals surface area contributed by atoms with Gasteiger partial charge in [0.2, 0.25) is 0 Å². The average Bonchev–Trinajstić information content (AvgIpc) is 3.23. The molecule has 6 nitrogen and oxygen atoms in total. The topological polar surface area (TPSA) is 61.5 Å². The van der Waals surface area contributed by atoms with Crippen molar-refractivity contribution in [1.82, 2.24) is 15.1 Å². The maximum Gasteiger partial charge on any atom is 0.257 e. The van der Waals surface area contributed by atoms with Crippen LogP contribution in [0, 0.1) is 0 Å². The number of methoxy groups -OCH3 is 1. The van der Waals surface area contributed by atoms with Crippen molar-refractivity contribution in [3.8, 4) is 17.0 Å². The summed E-state index contributed by atoms with van der Waals surface area (Å²) < 4.78 is 5.31. The van der Waals surface area contributed by atoms with Gasteiger partial charge in [0.05, 0.1) is 24.6 Å². The number of halogens is 1. The average molecular weight is 397 g/mol. The summed E-state index contributed by atoms with van der Waals surface area (Å²) in [5, 5.41) is 7.64. The van der Waals surface area contributed by atoms with Crippen LogP contribution < -0.4 is 9.64 Å². The minimum atomic E-state index is -0.0194. The minimum Gasteiger partial charge on any atom is -0.497 e. The van der Waals surface area contributed by atoms with Crippen molar-refractivity contribution in [2.45, 2.75) is 0 Å². The van der Waals surface area contributed by atoms with Crippen LogP contribution in [0.5, 0.6) is 5.75 Å². The fraction of sp³-hybridized carbons (Fsp3) is 0.238. The maximum absolute atomic E-state index is 13.1. The largest absolute Gasteiger partial charge is 0.497 e. The number of nitrogens with one attached hydrogen (secondary N) is 1. The third-order valence-electron chi connectivity index (χ3n) is 4.97. The Kier molecular flexibility index (Phi) is 5.21. The number of hydrogen-bond acceptors (Lipinski definition) is 4. The van der Waals surface area contributed by atoms with Crippen LogP contribution in [0.1, 0.15) is 10.4 Å². The molecular formula is C21H21ClN4O2. The van der Waals surface area contributed by atoms with Gasteiger partial charge >= 0.3 is 0 Å². The Balaban J connectivity index is 1.47. The Morgan fingerprint density at radius 1 is 1.11 bits per heavy atom. The second-order valence-electron chi connectivity index (χ2n) is 6.65. The van der Waals surface area contributed by atoms with Crippen LogP contribution in [0.25, 0.3) is 11.3 Å². The summed E-state index contributed by atoms with van der Waals surface area (Å²) >= 11 is 6.09. The van der Waals surface area contributed by atoms with E-state index in [-0.39, 0.29) is 5.91 Å². The Hall–Kier alpha value is -2.99. The van der Waals surface area contributed by atoms with Gasteiger partial charge in [-0.2, -0.15) is 5.10 Å². The highest BCUT2D eigenvalue weighted by Gasteiger charge is 2.25. The molecule has 3 aromatic rings. The summed E-state index contributed by atoms with van der Waals surface area (Å²) in [6.07, 6.45) is 1.59. The molecule has 1 amide bonds. The van der Waals surface area contributed by atoms with Gasteiger partial charge in [-0.15, -0.1) is 0 Å². The van der Waals surface area contributed by atoms with Gasteiger partial charge in [0.1, 0.15) is 5.75 Å². The number of ether oxygens (including phenoxy) is 1. The van der Waals surface area contributed by atoms with Crippen molar-refractivity contribution in [2.24, 2.45) is 0 Å². The van der Waals surface area contributed by atoms with Crippen LogP contribution in [0.2, 0.25) is 5.02 Å². The zero-order valence-electron chi connectivity index (χ0n) is 15.6. The summed E-state index contributed by atoms with van der Waals surface area (Å²) in [5.74, 6) is 0.814. The van der Waals surface area contributed by atoms with Crippen molar-refractivity contribution in [3.05, 3.63) is 65.3 Å². The maximum atomic E-state index is 13.1. The molecule has 1 fully saturated rings. The molecule has 1 N–H and O–H groups in total. The van der Waals surface area contributed by atoms with Crippen molar-refractivity contribution in [3.63, 3.8) is 0 Å². The molecule has 1 aliphatic rings. The number of carbonyl (C=O) groups excluding carboxylic acids is 1. The third kappa shape index (κ3) is 3.68. The molecule has 28 heavy (non-hydrogen) atoms.